The van der Waals surface area contributed by atoms with Gasteiger partial charge in [-0.05, 0) is 30.7 Å². The summed E-state index contributed by atoms with van der Waals surface area (Å²) >= 11 is 0. The highest BCUT2D eigenvalue weighted by Gasteiger charge is 2.28. The highest BCUT2D eigenvalue weighted by molar-refractivity contribution is 4.82. The Kier molecular flexibility index (Phi) is 4.24. The molecule has 0 aromatic heterocycles. The predicted octanol–water partition coefficient (Wildman–Crippen LogP) is 3.06. The fourth-order valence-corrected chi connectivity index (χ4v) is 2.36. The molecule has 1 rings (SSSR count). The van der Waals surface area contributed by atoms with Gasteiger partial charge < -0.3 is 5.32 Å². The van der Waals surface area contributed by atoms with Crippen molar-refractivity contribution in [1.29, 1.82) is 0 Å². The van der Waals surface area contributed by atoms with Gasteiger partial charge in [0.25, 0.3) is 0 Å². The van der Waals surface area contributed by atoms with Crippen LogP contribution in [0.1, 0.15) is 47.0 Å². The van der Waals surface area contributed by atoms with E-state index in [2.05, 4.69) is 33.0 Å². The monoisotopic (exact) mass is 183 g/mol. The Bertz CT molecular complexity index is 138. The molecule has 0 heterocycles. The minimum atomic E-state index is 0.727. The Labute approximate surface area is 83.3 Å². The largest absolute Gasteiger partial charge is 0.314 e. The van der Waals surface area contributed by atoms with E-state index in [4.69, 9.17) is 0 Å². The lowest BCUT2D eigenvalue weighted by molar-refractivity contribution is 0.281. The van der Waals surface area contributed by atoms with Gasteiger partial charge in [0.2, 0.25) is 0 Å². The van der Waals surface area contributed by atoms with Crippen LogP contribution < -0.4 is 5.32 Å². The Balaban J connectivity index is 2.31. The predicted molar refractivity (Wildman–Crippen MR) is 58.8 cm³/mol. The van der Waals surface area contributed by atoms with Gasteiger partial charge in [0.1, 0.15) is 0 Å². The van der Waals surface area contributed by atoms with Crippen molar-refractivity contribution >= 4 is 0 Å². The molecule has 0 saturated heterocycles. The molecule has 1 fully saturated rings. The maximum atomic E-state index is 3.61. The lowest BCUT2D eigenvalue weighted by Crippen LogP contribution is -2.39. The van der Waals surface area contributed by atoms with Gasteiger partial charge in [0, 0.05) is 6.04 Å². The molecule has 1 aliphatic carbocycles. The van der Waals surface area contributed by atoms with Gasteiger partial charge in [-0.3, -0.25) is 0 Å². The molecule has 0 bridgehead atoms. The maximum absolute atomic E-state index is 3.61. The fraction of sp³-hybridized carbons (Fsp3) is 1.00. The zero-order chi connectivity index (χ0) is 9.84. The van der Waals surface area contributed by atoms with E-state index in [1.54, 1.807) is 0 Å². The van der Waals surface area contributed by atoms with Crippen LogP contribution in [0.15, 0.2) is 0 Å². The molecule has 0 aliphatic heterocycles. The molecule has 0 spiro atoms. The minimum absolute atomic E-state index is 0.727. The van der Waals surface area contributed by atoms with Gasteiger partial charge in [0.15, 0.2) is 0 Å². The van der Waals surface area contributed by atoms with E-state index in [-0.39, 0.29) is 0 Å². The molecular weight excluding hydrogens is 158 g/mol. The first-order chi connectivity index (χ1) is 6.15. The molecular formula is C12H25N. The van der Waals surface area contributed by atoms with Gasteiger partial charge in [-0.1, -0.05) is 40.5 Å². The van der Waals surface area contributed by atoms with Crippen molar-refractivity contribution in [1.82, 2.24) is 5.32 Å². The van der Waals surface area contributed by atoms with Crippen LogP contribution in [-0.4, -0.2) is 12.6 Å². The lowest BCUT2D eigenvalue weighted by atomic mass is 9.88. The molecule has 0 aromatic rings. The van der Waals surface area contributed by atoms with Gasteiger partial charge >= 0.3 is 0 Å². The first-order valence-corrected chi connectivity index (χ1v) is 5.88. The van der Waals surface area contributed by atoms with E-state index in [9.17, 15) is 0 Å². The highest BCUT2D eigenvalue weighted by atomic mass is 14.9. The smallest absolute Gasteiger partial charge is 0.0116 e. The molecule has 0 amide bonds. The molecule has 78 valence electrons. The first kappa shape index (κ1) is 11.0. The number of hydrogen-bond acceptors (Lipinski definition) is 1. The quantitative estimate of drug-likeness (QED) is 0.667. The van der Waals surface area contributed by atoms with Crippen LogP contribution in [0.5, 0.6) is 0 Å². The van der Waals surface area contributed by atoms with Crippen LogP contribution in [0.3, 0.4) is 0 Å². The van der Waals surface area contributed by atoms with Crippen molar-refractivity contribution in [3.8, 4) is 0 Å². The first-order valence-electron chi connectivity index (χ1n) is 5.88. The van der Waals surface area contributed by atoms with Crippen molar-refractivity contribution in [2.24, 2.45) is 17.8 Å². The second-order valence-corrected chi connectivity index (χ2v) is 4.98. The van der Waals surface area contributed by atoms with E-state index >= 15 is 0 Å². The number of nitrogens with one attached hydrogen (secondary N) is 1. The third kappa shape index (κ3) is 3.68. The Hall–Kier alpha value is -0.0400. The van der Waals surface area contributed by atoms with Crippen molar-refractivity contribution in [2.45, 2.75) is 53.0 Å². The summed E-state index contributed by atoms with van der Waals surface area (Å²) in [4.78, 5) is 0. The summed E-state index contributed by atoms with van der Waals surface area (Å²) in [5.74, 6) is 2.69. The van der Waals surface area contributed by atoms with Crippen molar-refractivity contribution in [2.75, 3.05) is 6.54 Å². The molecule has 0 aromatic carbocycles. The molecule has 1 saturated carbocycles. The maximum Gasteiger partial charge on any atom is 0.0116 e. The van der Waals surface area contributed by atoms with E-state index in [1.807, 2.05) is 0 Å². The second kappa shape index (κ2) is 4.99. The zero-order valence-corrected chi connectivity index (χ0v) is 9.64. The van der Waals surface area contributed by atoms with Crippen molar-refractivity contribution in [3.05, 3.63) is 0 Å². The van der Waals surface area contributed by atoms with Crippen molar-refractivity contribution in [3.63, 3.8) is 0 Å². The Morgan fingerprint density at radius 1 is 1.23 bits per heavy atom. The number of hydrogen-bond donors (Lipinski definition) is 1. The van der Waals surface area contributed by atoms with Crippen LogP contribution >= 0.6 is 0 Å². The average Bonchev–Trinajstić information content (AvgIpc) is 2.83. The topological polar surface area (TPSA) is 12.0 Å². The molecule has 2 unspecified atom stereocenters. The lowest BCUT2D eigenvalue weighted by Gasteiger charge is -2.28. The molecule has 2 atom stereocenters. The van der Waals surface area contributed by atoms with Gasteiger partial charge in [-0.2, -0.15) is 0 Å². The molecule has 1 N–H and O–H groups in total. The summed E-state index contributed by atoms with van der Waals surface area (Å²) in [6, 6.07) is 0.727. The number of rotatable bonds is 6. The Morgan fingerprint density at radius 3 is 2.23 bits per heavy atom. The zero-order valence-electron chi connectivity index (χ0n) is 9.64. The summed E-state index contributed by atoms with van der Waals surface area (Å²) < 4.78 is 0. The van der Waals surface area contributed by atoms with Gasteiger partial charge in [0.05, 0.1) is 0 Å². The summed E-state index contributed by atoms with van der Waals surface area (Å²) in [6.07, 6.45) is 4.42. The van der Waals surface area contributed by atoms with Gasteiger partial charge in [-0.15, -0.1) is 0 Å². The van der Waals surface area contributed by atoms with Crippen LogP contribution in [-0.2, 0) is 0 Å². The molecule has 13 heavy (non-hydrogen) atoms. The molecule has 0 radical (unpaired) electrons. The molecule has 1 nitrogen and oxygen atoms in total. The third-order valence-corrected chi connectivity index (χ3v) is 3.17. The van der Waals surface area contributed by atoms with Crippen LogP contribution in [0.2, 0.25) is 0 Å². The second-order valence-electron chi connectivity index (χ2n) is 4.98. The van der Waals surface area contributed by atoms with E-state index in [0.29, 0.717) is 0 Å². The van der Waals surface area contributed by atoms with Gasteiger partial charge in [-0.25, -0.2) is 0 Å². The van der Waals surface area contributed by atoms with Crippen LogP contribution in [0, 0.1) is 17.8 Å². The normalized spacial score (nSPS) is 21.9. The third-order valence-electron chi connectivity index (χ3n) is 3.17. The van der Waals surface area contributed by atoms with E-state index in [1.165, 1.54) is 19.3 Å². The fourth-order valence-electron chi connectivity index (χ4n) is 2.36. The SMILES string of the molecule is CCNC(C(C)C)C(C)CC1CC1. The standard InChI is InChI=1S/C12H25N/c1-5-13-12(9(2)3)10(4)8-11-6-7-11/h9-13H,5-8H2,1-4H3. The Morgan fingerprint density at radius 2 is 1.85 bits per heavy atom. The van der Waals surface area contributed by atoms with Crippen LogP contribution in [0.25, 0.3) is 0 Å². The summed E-state index contributed by atoms with van der Waals surface area (Å²) in [5, 5.41) is 3.61. The summed E-state index contributed by atoms with van der Waals surface area (Å²) in [6.45, 7) is 10.4. The van der Waals surface area contributed by atoms with E-state index < -0.39 is 0 Å². The van der Waals surface area contributed by atoms with Crippen molar-refractivity contribution < 1.29 is 0 Å². The summed E-state index contributed by atoms with van der Waals surface area (Å²) in [5.41, 5.74) is 0. The van der Waals surface area contributed by atoms with E-state index in [0.717, 1.165) is 30.3 Å². The summed E-state index contributed by atoms with van der Waals surface area (Å²) in [7, 11) is 0. The van der Waals surface area contributed by atoms with Crippen LogP contribution in [0.4, 0.5) is 0 Å². The molecule has 1 heteroatoms. The average molecular weight is 183 g/mol. The highest BCUT2D eigenvalue weighted by Crippen LogP contribution is 2.36. The minimum Gasteiger partial charge on any atom is -0.314 e. The molecule has 1 aliphatic rings.